The van der Waals surface area contributed by atoms with E-state index < -0.39 is 12.1 Å². The molecule has 16 heavy (non-hydrogen) atoms. The van der Waals surface area contributed by atoms with Crippen molar-refractivity contribution in [2.24, 2.45) is 0 Å². The second-order valence-electron chi connectivity index (χ2n) is 4.59. The largest absolute Gasteiger partial charge is 0.480 e. The standard InChI is InChI=1S/C11H21NO4/c1-8(2)16-7-10(13)5-12(6-11(14)15)9-3-4-9/h8-10,13H,3-7H2,1-2H3,(H,14,15). The van der Waals surface area contributed by atoms with Gasteiger partial charge in [-0.15, -0.1) is 0 Å². The smallest absolute Gasteiger partial charge is 0.317 e. The molecule has 0 aromatic heterocycles. The molecular formula is C11H21NO4. The Bertz CT molecular complexity index is 228. The Balaban J connectivity index is 2.27. The number of hydrogen-bond acceptors (Lipinski definition) is 4. The van der Waals surface area contributed by atoms with Crippen LogP contribution in [0.3, 0.4) is 0 Å². The number of aliphatic hydroxyl groups excluding tert-OH is 1. The molecule has 0 amide bonds. The summed E-state index contributed by atoms with van der Waals surface area (Å²) in [6.45, 7) is 4.46. The monoisotopic (exact) mass is 231 g/mol. The number of aliphatic hydroxyl groups is 1. The number of rotatable bonds is 8. The van der Waals surface area contributed by atoms with E-state index >= 15 is 0 Å². The Kier molecular flexibility index (Phi) is 5.18. The number of aliphatic carboxylic acids is 1. The summed E-state index contributed by atoms with van der Waals surface area (Å²) >= 11 is 0. The fourth-order valence-corrected chi connectivity index (χ4v) is 1.58. The van der Waals surface area contributed by atoms with Crippen LogP contribution < -0.4 is 0 Å². The lowest BCUT2D eigenvalue weighted by Crippen LogP contribution is -2.39. The van der Waals surface area contributed by atoms with E-state index in [1.54, 1.807) is 0 Å². The molecule has 5 nitrogen and oxygen atoms in total. The number of carboxylic acids is 1. The summed E-state index contributed by atoms with van der Waals surface area (Å²) in [6.07, 6.45) is 1.54. The molecular weight excluding hydrogens is 210 g/mol. The van der Waals surface area contributed by atoms with Gasteiger partial charge in [-0.25, -0.2) is 0 Å². The molecule has 1 rings (SSSR count). The van der Waals surface area contributed by atoms with Crippen LogP contribution in [0.4, 0.5) is 0 Å². The summed E-state index contributed by atoms with van der Waals surface area (Å²) in [6, 6.07) is 0.338. The molecule has 1 fully saturated rings. The molecule has 5 heteroatoms. The Morgan fingerprint density at radius 3 is 2.56 bits per heavy atom. The second-order valence-corrected chi connectivity index (χ2v) is 4.59. The number of hydrogen-bond donors (Lipinski definition) is 2. The fourth-order valence-electron chi connectivity index (χ4n) is 1.58. The van der Waals surface area contributed by atoms with Gasteiger partial charge in [0.25, 0.3) is 0 Å². The van der Waals surface area contributed by atoms with Crippen LogP contribution in [0, 0.1) is 0 Å². The van der Waals surface area contributed by atoms with E-state index in [9.17, 15) is 9.90 Å². The molecule has 0 aromatic rings. The summed E-state index contributed by atoms with van der Waals surface area (Å²) in [5.41, 5.74) is 0. The molecule has 1 aliphatic carbocycles. The first-order valence-corrected chi connectivity index (χ1v) is 5.74. The van der Waals surface area contributed by atoms with Crippen LogP contribution in [-0.4, -0.2) is 59.0 Å². The Labute approximate surface area is 96.0 Å². The van der Waals surface area contributed by atoms with Gasteiger partial charge in [0.05, 0.1) is 25.4 Å². The summed E-state index contributed by atoms with van der Waals surface area (Å²) in [5, 5.41) is 18.4. The minimum atomic E-state index is -0.844. The van der Waals surface area contributed by atoms with Gasteiger partial charge in [-0.2, -0.15) is 0 Å². The molecule has 0 spiro atoms. The van der Waals surface area contributed by atoms with Crippen molar-refractivity contribution < 1.29 is 19.7 Å². The minimum Gasteiger partial charge on any atom is -0.480 e. The Hall–Kier alpha value is -0.650. The zero-order valence-electron chi connectivity index (χ0n) is 9.93. The van der Waals surface area contributed by atoms with Gasteiger partial charge in [0, 0.05) is 12.6 Å². The van der Waals surface area contributed by atoms with E-state index in [0.717, 1.165) is 12.8 Å². The number of carbonyl (C=O) groups is 1. The molecule has 0 aromatic carbocycles. The molecule has 2 N–H and O–H groups in total. The predicted octanol–water partition coefficient (Wildman–Crippen LogP) is 0.321. The quantitative estimate of drug-likeness (QED) is 0.629. The van der Waals surface area contributed by atoms with Gasteiger partial charge in [0.2, 0.25) is 0 Å². The molecule has 0 aliphatic heterocycles. The first kappa shape index (κ1) is 13.4. The van der Waals surface area contributed by atoms with E-state index in [4.69, 9.17) is 9.84 Å². The molecule has 0 saturated heterocycles. The highest BCUT2D eigenvalue weighted by molar-refractivity contribution is 5.69. The van der Waals surface area contributed by atoms with Crippen LogP contribution in [0.15, 0.2) is 0 Å². The summed E-state index contributed by atoms with van der Waals surface area (Å²) in [4.78, 5) is 12.5. The van der Waals surface area contributed by atoms with E-state index in [1.165, 1.54) is 0 Å². The Morgan fingerprint density at radius 2 is 2.12 bits per heavy atom. The van der Waals surface area contributed by atoms with Crippen molar-refractivity contribution >= 4 is 5.97 Å². The molecule has 0 bridgehead atoms. The van der Waals surface area contributed by atoms with Crippen molar-refractivity contribution in [2.75, 3.05) is 19.7 Å². The number of nitrogens with zero attached hydrogens (tertiary/aromatic N) is 1. The highest BCUT2D eigenvalue weighted by Crippen LogP contribution is 2.26. The molecule has 1 unspecified atom stereocenters. The maximum atomic E-state index is 10.6. The minimum absolute atomic E-state index is 0.00338. The lowest BCUT2D eigenvalue weighted by molar-refractivity contribution is -0.139. The summed E-state index contributed by atoms with van der Waals surface area (Å²) in [5.74, 6) is -0.844. The van der Waals surface area contributed by atoms with Crippen molar-refractivity contribution in [3.8, 4) is 0 Å². The van der Waals surface area contributed by atoms with Crippen molar-refractivity contribution in [2.45, 2.75) is 44.9 Å². The van der Waals surface area contributed by atoms with Gasteiger partial charge < -0.3 is 14.9 Å². The summed E-state index contributed by atoms with van der Waals surface area (Å²) in [7, 11) is 0. The van der Waals surface area contributed by atoms with Gasteiger partial charge in [-0.05, 0) is 26.7 Å². The highest BCUT2D eigenvalue weighted by atomic mass is 16.5. The van der Waals surface area contributed by atoms with E-state index in [1.807, 2.05) is 18.7 Å². The highest BCUT2D eigenvalue weighted by Gasteiger charge is 2.31. The van der Waals surface area contributed by atoms with E-state index in [0.29, 0.717) is 12.6 Å². The van der Waals surface area contributed by atoms with Gasteiger partial charge in [-0.3, -0.25) is 9.69 Å². The summed E-state index contributed by atoms with van der Waals surface area (Å²) < 4.78 is 5.29. The van der Waals surface area contributed by atoms with Gasteiger partial charge in [-0.1, -0.05) is 0 Å². The average Bonchev–Trinajstić information content (AvgIpc) is 2.96. The first-order valence-electron chi connectivity index (χ1n) is 5.74. The Morgan fingerprint density at radius 1 is 1.50 bits per heavy atom. The third-order valence-electron chi connectivity index (χ3n) is 2.47. The third-order valence-corrected chi connectivity index (χ3v) is 2.47. The van der Waals surface area contributed by atoms with Crippen molar-refractivity contribution in [3.05, 3.63) is 0 Å². The second kappa shape index (κ2) is 6.18. The molecule has 1 aliphatic rings. The van der Waals surface area contributed by atoms with Crippen LogP contribution in [0.2, 0.25) is 0 Å². The predicted molar refractivity (Wildman–Crippen MR) is 59.3 cm³/mol. The lowest BCUT2D eigenvalue weighted by Gasteiger charge is -2.23. The van der Waals surface area contributed by atoms with Gasteiger partial charge >= 0.3 is 5.97 Å². The van der Waals surface area contributed by atoms with Gasteiger partial charge in [0.1, 0.15) is 0 Å². The van der Waals surface area contributed by atoms with Crippen LogP contribution >= 0.6 is 0 Å². The average molecular weight is 231 g/mol. The molecule has 1 saturated carbocycles. The zero-order chi connectivity index (χ0) is 12.1. The van der Waals surface area contributed by atoms with E-state index in [-0.39, 0.29) is 19.3 Å². The van der Waals surface area contributed by atoms with Crippen molar-refractivity contribution in [1.82, 2.24) is 4.90 Å². The SMILES string of the molecule is CC(C)OCC(O)CN(CC(=O)O)C1CC1. The maximum absolute atomic E-state index is 10.6. The van der Waals surface area contributed by atoms with Gasteiger partial charge in [0.15, 0.2) is 0 Å². The first-order chi connectivity index (χ1) is 7.49. The fraction of sp³-hybridized carbons (Fsp3) is 0.909. The molecule has 1 atom stereocenters. The topological polar surface area (TPSA) is 70.0 Å². The van der Waals surface area contributed by atoms with Crippen LogP contribution in [0.5, 0.6) is 0 Å². The molecule has 94 valence electrons. The molecule has 0 radical (unpaired) electrons. The van der Waals surface area contributed by atoms with Crippen LogP contribution in [0.25, 0.3) is 0 Å². The van der Waals surface area contributed by atoms with Crippen LogP contribution in [-0.2, 0) is 9.53 Å². The van der Waals surface area contributed by atoms with E-state index in [2.05, 4.69) is 0 Å². The molecule has 0 heterocycles. The normalized spacial score (nSPS) is 18.1. The lowest BCUT2D eigenvalue weighted by atomic mass is 10.3. The van der Waals surface area contributed by atoms with Crippen LogP contribution in [0.1, 0.15) is 26.7 Å². The maximum Gasteiger partial charge on any atom is 0.317 e. The number of carboxylic acid groups (broad SMARTS) is 1. The third kappa shape index (κ3) is 5.44. The zero-order valence-corrected chi connectivity index (χ0v) is 9.93. The van der Waals surface area contributed by atoms with Crippen molar-refractivity contribution in [1.29, 1.82) is 0 Å². The number of ether oxygens (including phenoxy) is 1. The van der Waals surface area contributed by atoms with Crippen molar-refractivity contribution in [3.63, 3.8) is 0 Å².